The molecule has 2 rings (SSSR count). The van der Waals surface area contributed by atoms with E-state index in [1.165, 1.54) is 0 Å². The molecule has 0 aliphatic carbocycles. The number of aromatic nitrogens is 5. The summed E-state index contributed by atoms with van der Waals surface area (Å²) >= 11 is 0. The minimum Gasteiger partial charge on any atom is -0.476 e. The molecule has 0 saturated carbocycles. The molecule has 0 bridgehead atoms. The topological polar surface area (TPSA) is 85.8 Å². The smallest absolute Gasteiger partial charge is 0.358 e. The molecular weight excluding hydrogens is 246 g/mol. The molecule has 2 aromatic rings. The van der Waals surface area contributed by atoms with Crippen LogP contribution in [0, 0.1) is 0 Å². The van der Waals surface area contributed by atoms with Gasteiger partial charge in [0.25, 0.3) is 0 Å². The average molecular weight is 263 g/mol. The molecule has 7 nitrogen and oxygen atoms in total. The van der Waals surface area contributed by atoms with Crippen molar-refractivity contribution in [3.8, 4) is 11.5 Å². The van der Waals surface area contributed by atoms with Crippen molar-refractivity contribution in [2.24, 2.45) is 7.05 Å². The number of aryl methyl sites for hydroxylation is 1. The van der Waals surface area contributed by atoms with Gasteiger partial charge in [0.2, 0.25) is 5.69 Å². The molecule has 0 aliphatic rings. The Kier molecular flexibility index (Phi) is 3.64. The van der Waals surface area contributed by atoms with Gasteiger partial charge in [0.1, 0.15) is 5.69 Å². The van der Waals surface area contributed by atoms with Crippen molar-refractivity contribution in [1.29, 1.82) is 0 Å². The summed E-state index contributed by atoms with van der Waals surface area (Å²) in [6.07, 6.45) is 5.11. The second kappa shape index (κ2) is 5.21. The summed E-state index contributed by atoms with van der Waals surface area (Å²) in [5.41, 5.74) is 0.412. The van der Waals surface area contributed by atoms with Gasteiger partial charge in [-0.2, -0.15) is 0 Å². The summed E-state index contributed by atoms with van der Waals surface area (Å²) in [7, 11) is 1.82. The van der Waals surface area contributed by atoms with E-state index in [-0.39, 0.29) is 11.7 Å². The predicted octanol–water partition coefficient (Wildman–Crippen LogP) is 1.74. The molecule has 0 aromatic carbocycles. The zero-order valence-corrected chi connectivity index (χ0v) is 11.2. The molecule has 2 aromatic heterocycles. The fraction of sp³-hybridized carbons (Fsp3) is 0.500. The van der Waals surface area contributed by atoms with Crippen LogP contribution in [0.15, 0.2) is 12.4 Å². The molecule has 0 spiro atoms. The van der Waals surface area contributed by atoms with Gasteiger partial charge in [0, 0.05) is 19.4 Å². The normalized spacial score (nSPS) is 11.2. The lowest BCUT2D eigenvalue weighted by molar-refractivity contribution is 0.0691. The third-order valence-electron chi connectivity index (χ3n) is 3.22. The van der Waals surface area contributed by atoms with E-state index >= 15 is 0 Å². The van der Waals surface area contributed by atoms with Crippen LogP contribution in [0.4, 0.5) is 0 Å². The fourth-order valence-electron chi connectivity index (χ4n) is 2.13. The molecule has 0 unspecified atom stereocenters. The lowest BCUT2D eigenvalue weighted by Crippen LogP contribution is -2.13. The number of hydrogen-bond acceptors (Lipinski definition) is 4. The molecule has 7 heteroatoms. The van der Waals surface area contributed by atoms with Gasteiger partial charge in [0.05, 0.1) is 6.04 Å². The summed E-state index contributed by atoms with van der Waals surface area (Å²) in [5.74, 6) is -0.524. The molecule has 0 radical (unpaired) electrons. The zero-order valence-electron chi connectivity index (χ0n) is 11.2. The monoisotopic (exact) mass is 263 g/mol. The van der Waals surface area contributed by atoms with E-state index in [9.17, 15) is 9.90 Å². The van der Waals surface area contributed by atoms with E-state index in [2.05, 4.69) is 15.3 Å². The highest BCUT2D eigenvalue weighted by molar-refractivity contribution is 5.91. The third kappa shape index (κ3) is 2.23. The maximum atomic E-state index is 11.3. The van der Waals surface area contributed by atoms with Gasteiger partial charge in [-0.05, 0) is 12.8 Å². The highest BCUT2D eigenvalue weighted by Gasteiger charge is 2.26. The number of carboxylic acids is 1. The Labute approximate surface area is 110 Å². The van der Waals surface area contributed by atoms with Crippen LogP contribution in [0.3, 0.4) is 0 Å². The van der Waals surface area contributed by atoms with E-state index in [0.29, 0.717) is 11.5 Å². The molecule has 0 atom stereocenters. The van der Waals surface area contributed by atoms with Crippen molar-refractivity contribution in [3.63, 3.8) is 0 Å². The molecule has 0 aliphatic heterocycles. The van der Waals surface area contributed by atoms with Gasteiger partial charge < -0.3 is 9.67 Å². The standard InChI is InChI=1S/C12H17N5O2/c1-4-8(5-2)17-10(9(12(18)19)14-15-17)11-13-6-7-16(11)3/h6-8H,4-5H2,1-3H3,(H,18,19). The van der Waals surface area contributed by atoms with Crippen molar-refractivity contribution >= 4 is 5.97 Å². The number of imidazole rings is 1. The first-order valence-corrected chi connectivity index (χ1v) is 6.26. The summed E-state index contributed by atoms with van der Waals surface area (Å²) in [6, 6.07) is 0.118. The van der Waals surface area contributed by atoms with Gasteiger partial charge in [-0.3, -0.25) is 0 Å². The van der Waals surface area contributed by atoms with E-state index in [1.807, 2.05) is 20.9 Å². The highest BCUT2D eigenvalue weighted by atomic mass is 16.4. The van der Waals surface area contributed by atoms with Gasteiger partial charge >= 0.3 is 5.97 Å². The van der Waals surface area contributed by atoms with Crippen LogP contribution in [0.2, 0.25) is 0 Å². The number of nitrogens with zero attached hydrogens (tertiary/aromatic N) is 5. The van der Waals surface area contributed by atoms with Crippen molar-refractivity contribution in [2.45, 2.75) is 32.7 Å². The second-order valence-corrected chi connectivity index (χ2v) is 4.37. The van der Waals surface area contributed by atoms with Crippen LogP contribution >= 0.6 is 0 Å². The van der Waals surface area contributed by atoms with Crippen LogP contribution in [0.1, 0.15) is 43.2 Å². The quantitative estimate of drug-likeness (QED) is 0.888. The summed E-state index contributed by atoms with van der Waals surface area (Å²) in [5, 5.41) is 17.0. The first-order valence-electron chi connectivity index (χ1n) is 6.26. The lowest BCUT2D eigenvalue weighted by Gasteiger charge is -2.15. The molecule has 1 N–H and O–H groups in total. The maximum absolute atomic E-state index is 11.3. The van der Waals surface area contributed by atoms with E-state index in [1.54, 1.807) is 21.6 Å². The van der Waals surface area contributed by atoms with Crippen LogP contribution < -0.4 is 0 Å². The largest absolute Gasteiger partial charge is 0.476 e. The van der Waals surface area contributed by atoms with E-state index < -0.39 is 5.97 Å². The Balaban J connectivity index is 2.64. The first kappa shape index (κ1) is 13.3. The molecule has 2 heterocycles. The van der Waals surface area contributed by atoms with Crippen molar-refractivity contribution in [1.82, 2.24) is 24.5 Å². The van der Waals surface area contributed by atoms with E-state index in [0.717, 1.165) is 12.8 Å². The van der Waals surface area contributed by atoms with Crippen molar-refractivity contribution < 1.29 is 9.90 Å². The van der Waals surface area contributed by atoms with Gasteiger partial charge in [-0.15, -0.1) is 5.10 Å². The van der Waals surface area contributed by atoms with Crippen LogP contribution in [0.25, 0.3) is 11.5 Å². The molecule has 0 saturated heterocycles. The zero-order chi connectivity index (χ0) is 14.0. The molecule has 19 heavy (non-hydrogen) atoms. The number of hydrogen-bond donors (Lipinski definition) is 1. The fourth-order valence-corrected chi connectivity index (χ4v) is 2.13. The average Bonchev–Trinajstić information content (AvgIpc) is 2.97. The Hall–Kier alpha value is -2.18. The molecule has 0 fully saturated rings. The van der Waals surface area contributed by atoms with E-state index in [4.69, 9.17) is 0 Å². The van der Waals surface area contributed by atoms with Gasteiger partial charge in [-0.1, -0.05) is 19.1 Å². The molecular formula is C12H17N5O2. The predicted molar refractivity (Wildman–Crippen MR) is 68.8 cm³/mol. The second-order valence-electron chi connectivity index (χ2n) is 4.37. The lowest BCUT2D eigenvalue weighted by atomic mass is 10.1. The Morgan fingerprint density at radius 3 is 2.58 bits per heavy atom. The van der Waals surface area contributed by atoms with Gasteiger partial charge in [0.15, 0.2) is 5.82 Å². The van der Waals surface area contributed by atoms with Crippen LogP contribution in [-0.2, 0) is 7.05 Å². The Morgan fingerprint density at radius 1 is 1.42 bits per heavy atom. The van der Waals surface area contributed by atoms with Crippen LogP contribution in [0.5, 0.6) is 0 Å². The number of carboxylic acid groups (broad SMARTS) is 1. The highest BCUT2D eigenvalue weighted by Crippen LogP contribution is 2.26. The van der Waals surface area contributed by atoms with Gasteiger partial charge in [-0.25, -0.2) is 14.5 Å². The number of carbonyl (C=O) groups is 1. The SMILES string of the molecule is CCC(CC)n1nnc(C(=O)O)c1-c1nccn1C. The van der Waals surface area contributed by atoms with Crippen molar-refractivity contribution in [3.05, 3.63) is 18.1 Å². The first-order chi connectivity index (χ1) is 9.10. The molecule has 0 amide bonds. The Bertz CT molecular complexity index is 583. The summed E-state index contributed by atoms with van der Waals surface area (Å²) in [4.78, 5) is 15.5. The summed E-state index contributed by atoms with van der Waals surface area (Å²) in [6.45, 7) is 4.08. The minimum absolute atomic E-state index is 0.0544. The third-order valence-corrected chi connectivity index (χ3v) is 3.22. The summed E-state index contributed by atoms with van der Waals surface area (Å²) < 4.78 is 3.44. The maximum Gasteiger partial charge on any atom is 0.358 e. The van der Waals surface area contributed by atoms with Crippen molar-refractivity contribution in [2.75, 3.05) is 0 Å². The number of rotatable bonds is 5. The Morgan fingerprint density at radius 2 is 2.11 bits per heavy atom. The number of aromatic carboxylic acids is 1. The minimum atomic E-state index is -1.09. The van der Waals surface area contributed by atoms with Crippen LogP contribution in [-0.4, -0.2) is 35.6 Å². The molecule has 102 valence electrons.